The molecule has 1 heterocycles. The number of esters is 1. The molecule has 33 heavy (non-hydrogen) atoms. The van der Waals surface area contributed by atoms with Gasteiger partial charge in [-0.2, -0.15) is 0 Å². The highest BCUT2D eigenvalue weighted by Gasteiger charge is 2.34. The van der Waals surface area contributed by atoms with Gasteiger partial charge in [0.1, 0.15) is 6.10 Å². The minimum atomic E-state index is -0.690. The van der Waals surface area contributed by atoms with Gasteiger partial charge in [0.05, 0.1) is 5.92 Å². The molecule has 1 N–H and O–H groups in total. The zero-order valence-electron chi connectivity index (χ0n) is 19.3. The van der Waals surface area contributed by atoms with Gasteiger partial charge in [-0.15, -0.1) is 0 Å². The molecule has 2 aliphatic rings. The lowest BCUT2D eigenvalue weighted by atomic mass is 9.79. The first kappa shape index (κ1) is 23.3. The van der Waals surface area contributed by atoms with E-state index in [1.54, 1.807) is 4.90 Å². The number of aromatic hydroxyl groups is 1. The average molecular weight is 454 g/mol. The van der Waals surface area contributed by atoms with Gasteiger partial charge in [0, 0.05) is 18.7 Å². The Hall–Kier alpha value is -2.89. The first-order valence-corrected chi connectivity index (χ1v) is 11.9. The first-order chi connectivity index (χ1) is 15.9. The highest BCUT2D eigenvalue weighted by Crippen LogP contribution is 2.35. The van der Waals surface area contributed by atoms with Crippen molar-refractivity contribution in [1.82, 2.24) is 4.90 Å². The quantitative estimate of drug-likeness (QED) is 0.569. The van der Waals surface area contributed by atoms with Crippen molar-refractivity contribution in [2.24, 2.45) is 11.8 Å². The van der Waals surface area contributed by atoms with E-state index in [-0.39, 0.29) is 23.9 Å². The molecule has 0 saturated heterocycles. The maximum Gasteiger partial charge on any atom is 0.313 e. The number of hydrogen-bond donors (Lipinski definition) is 1. The molecule has 0 spiro atoms. The molecule has 0 radical (unpaired) electrons. The van der Waals surface area contributed by atoms with Crippen LogP contribution in [0.2, 0.25) is 0 Å². The summed E-state index contributed by atoms with van der Waals surface area (Å²) in [6, 6.07) is 12.3. The number of benzene rings is 2. The van der Waals surface area contributed by atoms with Crippen molar-refractivity contribution in [1.29, 1.82) is 0 Å². The Balaban J connectivity index is 1.27. The molecule has 176 valence electrons. The maximum absolute atomic E-state index is 13.6. The number of rotatable bonds is 7. The summed E-state index contributed by atoms with van der Waals surface area (Å²) in [7, 11) is 0. The molecule has 2 atom stereocenters. The van der Waals surface area contributed by atoms with Gasteiger partial charge in [0.15, 0.2) is 11.6 Å². The van der Waals surface area contributed by atoms with Crippen molar-refractivity contribution < 1.29 is 23.8 Å². The molecule has 1 saturated carbocycles. The molecule has 1 fully saturated rings. The summed E-state index contributed by atoms with van der Waals surface area (Å²) < 4.78 is 19.5. The predicted molar refractivity (Wildman–Crippen MR) is 123 cm³/mol. The largest absolute Gasteiger partial charge is 0.505 e. The lowest BCUT2D eigenvalue weighted by Gasteiger charge is -2.34. The lowest BCUT2D eigenvalue weighted by Crippen LogP contribution is -2.34. The zero-order valence-corrected chi connectivity index (χ0v) is 19.3. The smallest absolute Gasteiger partial charge is 0.313 e. The summed E-state index contributed by atoms with van der Waals surface area (Å²) in [5, 5.41) is 9.59. The molecule has 6 heteroatoms. The van der Waals surface area contributed by atoms with Crippen LogP contribution in [-0.2, 0) is 16.1 Å². The third-order valence-electron chi connectivity index (χ3n) is 7.28. The second-order valence-corrected chi connectivity index (χ2v) is 9.44. The van der Waals surface area contributed by atoms with Crippen molar-refractivity contribution in [3.63, 3.8) is 0 Å². The average Bonchev–Trinajstić information content (AvgIpc) is 3.10. The van der Waals surface area contributed by atoms with Gasteiger partial charge < -0.3 is 14.7 Å². The van der Waals surface area contributed by atoms with Gasteiger partial charge >= 0.3 is 5.97 Å². The summed E-state index contributed by atoms with van der Waals surface area (Å²) in [5.74, 6) is -1.03. The topological polar surface area (TPSA) is 66.8 Å². The van der Waals surface area contributed by atoms with Crippen LogP contribution in [0.5, 0.6) is 5.75 Å². The van der Waals surface area contributed by atoms with Gasteiger partial charge in [0.25, 0.3) is 5.91 Å². The predicted octanol–water partition coefficient (Wildman–Crippen LogP) is 5.42. The van der Waals surface area contributed by atoms with Crippen LogP contribution in [0.1, 0.15) is 73.4 Å². The summed E-state index contributed by atoms with van der Waals surface area (Å²) in [4.78, 5) is 27.2. The van der Waals surface area contributed by atoms with E-state index < -0.39 is 11.6 Å². The monoisotopic (exact) mass is 453 g/mol. The number of fused-ring (bicyclic) bond motifs is 1. The van der Waals surface area contributed by atoms with Crippen LogP contribution in [0.25, 0.3) is 0 Å². The number of nitrogens with zero attached hydrogens (tertiary/aromatic N) is 1. The molecule has 0 bridgehead atoms. The van der Waals surface area contributed by atoms with E-state index in [1.165, 1.54) is 12.1 Å². The Morgan fingerprint density at radius 2 is 1.88 bits per heavy atom. The van der Waals surface area contributed by atoms with Crippen LogP contribution in [0, 0.1) is 17.7 Å². The second-order valence-electron chi connectivity index (χ2n) is 9.44. The molecule has 4 rings (SSSR count). The number of phenols is 1. The Morgan fingerprint density at radius 3 is 2.55 bits per heavy atom. The standard InChI is InChI=1S/C27H32FNO4/c1-3-22(20-7-5-4-6-8-20)27(32)33-17(2)19-11-9-18(10-12-19)15-29-16-21-13-24(28)25(30)14-23(21)26(29)31/h4-8,13-14,17-19,22,30H,3,9-12,15-16H2,1-2H3/t17?,18-,19-,22?. The summed E-state index contributed by atoms with van der Waals surface area (Å²) >= 11 is 0. The number of phenolic OH excluding ortho intramolecular Hbond substituents is 1. The molecule has 2 aromatic rings. The number of carbonyl (C=O) groups is 2. The molecule has 0 aromatic heterocycles. The van der Waals surface area contributed by atoms with Crippen LogP contribution >= 0.6 is 0 Å². The maximum atomic E-state index is 13.6. The van der Waals surface area contributed by atoms with Gasteiger partial charge in [-0.05, 0) is 74.1 Å². The van der Waals surface area contributed by atoms with Crippen molar-refractivity contribution >= 4 is 11.9 Å². The fourth-order valence-corrected chi connectivity index (χ4v) is 5.27. The van der Waals surface area contributed by atoms with E-state index in [0.29, 0.717) is 42.5 Å². The van der Waals surface area contributed by atoms with E-state index >= 15 is 0 Å². The van der Waals surface area contributed by atoms with E-state index in [4.69, 9.17) is 4.74 Å². The number of halogens is 1. The Bertz CT molecular complexity index is 1000. The molecule has 2 aromatic carbocycles. The minimum Gasteiger partial charge on any atom is -0.505 e. The minimum absolute atomic E-state index is 0.139. The van der Waals surface area contributed by atoms with Crippen molar-refractivity contribution in [3.8, 4) is 5.75 Å². The fourth-order valence-electron chi connectivity index (χ4n) is 5.27. The van der Waals surface area contributed by atoms with E-state index in [9.17, 15) is 19.1 Å². The molecule has 2 unspecified atom stereocenters. The van der Waals surface area contributed by atoms with Crippen LogP contribution < -0.4 is 0 Å². The summed E-state index contributed by atoms with van der Waals surface area (Å²) in [6.45, 7) is 5.00. The third kappa shape index (κ3) is 5.05. The molecule has 1 aliphatic heterocycles. The van der Waals surface area contributed by atoms with Crippen LogP contribution in [0.3, 0.4) is 0 Å². The molecule has 1 aliphatic carbocycles. The van der Waals surface area contributed by atoms with Crippen LogP contribution in [-0.4, -0.2) is 34.5 Å². The van der Waals surface area contributed by atoms with Gasteiger partial charge in [-0.3, -0.25) is 9.59 Å². The van der Waals surface area contributed by atoms with Crippen LogP contribution in [0.4, 0.5) is 4.39 Å². The third-order valence-corrected chi connectivity index (χ3v) is 7.28. The van der Waals surface area contributed by atoms with Gasteiger partial charge in [-0.25, -0.2) is 4.39 Å². The Kier molecular flexibility index (Phi) is 7.01. The Morgan fingerprint density at radius 1 is 1.18 bits per heavy atom. The van der Waals surface area contributed by atoms with Crippen molar-refractivity contribution in [3.05, 3.63) is 65.0 Å². The second kappa shape index (κ2) is 9.94. The number of carbonyl (C=O) groups excluding carboxylic acids is 2. The number of amides is 1. The van der Waals surface area contributed by atoms with E-state index in [0.717, 1.165) is 31.2 Å². The normalized spacial score (nSPS) is 22.0. The van der Waals surface area contributed by atoms with Crippen LogP contribution in [0.15, 0.2) is 42.5 Å². The van der Waals surface area contributed by atoms with E-state index in [2.05, 4.69) is 0 Å². The van der Waals surface area contributed by atoms with Gasteiger partial charge in [0.2, 0.25) is 0 Å². The lowest BCUT2D eigenvalue weighted by molar-refractivity contribution is -0.153. The molecular formula is C27H32FNO4. The van der Waals surface area contributed by atoms with Crippen molar-refractivity contribution in [2.45, 2.75) is 64.5 Å². The van der Waals surface area contributed by atoms with E-state index in [1.807, 2.05) is 44.2 Å². The SMILES string of the molecule is CCC(C(=O)OC(C)[C@H]1CC[C@H](CN2Cc3cc(F)c(O)cc3C2=O)CC1)c1ccccc1. The summed E-state index contributed by atoms with van der Waals surface area (Å²) in [5.41, 5.74) is 2.02. The van der Waals surface area contributed by atoms with Crippen molar-refractivity contribution in [2.75, 3.05) is 6.54 Å². The Labute approximate surface area is 194 Å². The highest BCUT2D eigenvalue weighted by molar-refractivity contribution is 5.98. The molecular weight excluding hydrogens is 421 g/mol. The zero-order chi connectivity index (χ0) is 23.5. The summed E-state index contributed by atoms with van der Waals surface area (Å²) in [6.07, 6.45) is 4.39. The molecule has 1 amide bonds. The molecule has 5 nitrogen and oxygen atoms in total. The number of ether oxygens (including phenoxy) is 1. The van der Waals surface area contributed by atoms with Gasteiger partial charge in [-0.1, -0.05) is 37.3 Å². The first-order valence-electron chi connectivity index (χ1n) is 11.9. The fraction of sp³-hybridized carbons (Fsp3) is 0.481. The highest BCUT2D eigenvalue weighted by atomic mass is 19.1. The number of hydrogen-bond acceptors (Lipinski definition) is 4.